The Morgan fingerprint density at radius 2 is 1.30 bits per heavy atom. The first-order chi connectivity index (χ1) is 8.85. The van der Waals surface area contributed by atoms with E-state index in [1.165, 1.54) is 0 Å². The molecule has 0 saturated heterocycles. The molecule has 1 aliphatic carbocycles. The summed E-state index contributed by atoms with van der Waals surface area (Å²) in [5.41, 5.74) is -1.41. The van der Waals surface area contributed by atoms with Crippen molar-refractivity contribution in [2.75, 3.05) is 6.61 Å². The molecule has 0 unspecified atom stereocenters. The lowest BCUT2D eigenvalue weighted by Gasteiger charge is -2.44. The molecule has 1 saturated carbocycles. The minimum Gasteiger partial charge on any atom is -0.465 e. The first-order valence-electron chi connectivity index (χ1n) is 7.11. The molecule has 0 spiro atoms. The summed E-state index contributed by atoms with van der Waals surface area (Å²) in [6.07, 6.45) is 0. The minimum atomic E-state index is -0.705. The zero-order valence-corrected chi connectivity index (χ0v) is 14.0. The van der Waals surface area contributed by atoms with Crippen LogP contribution in [0.5, 0.6) is 0 Å². The monoisotopic (exact) mass is 284 g/mol. The normalized spacial score (nSPS) is 19.3. The van der Waals surface area contributed by atoms with Crippen LogP contribution in [-0.4, -0.2) is 24.1 Å². The average Bonchev–Trinajstić information content (AvgIpc) is 2.34. The van der Waals surface area contributed by atoms with Gasteiger partial charge in [-0.15, -0.1) is 0 Å². The van der Waals surface area contributed by atoms with E-state index in [4.69, 9.17) is 4.74 Å². The van der Waals surface area contributed by atoms with Crippen LogP contribution in [0.15, 0.2) is 0 Å². The van der Waals surface area contributed by atoms with E-state index in [0.717, 1.165) is 0 Å². The van der Waals surface area contributed by atoms with E-state index in [2.05, 4.69) is 0 Å². The molecule has 0 N–H and O–H groups in total. The van der Waals surface area contributed by atoms with Crippen molar-refractivity contribution in [1.29, 1.82) is 0 Å². The van der Waals surface area contributed by atoms with Gasteiger partial charge in [0, 0.05) is 0 Å². The van der Waals surface area contributed by atoms with Crippen LogP contribution in [0.25, 0.3) is 0 Å². The van der Waals surface area contributed by atoms with Crippen molar-refractivity contribution in [3.63, 3.8) is 0 Å². The maximum atomic E-state index is 11.2. The van der Waals surface area contributed by atoms with Crippen LogP contribution in [0, 0.1) is 22.7 Å². The number of carbonyl (C=O) groups excluding carboxylic acids is 3. The predicted octanol–water partition coefficient (Wildman–Crippen LogP) is 3.03. The molecule has 0 aromatic carbocycles. The molecule has 0 aromatic heterocycles. The van der Waals surface area contributed by atoms with Gasteiger partial charge in [-0.3, -0.25) is 14.4 Å². The summed E-state index contributed by atoms with van der Waals surface area (Å²) in [5, 5.41) is 0. The Kier molecular flexibility index (Phi) is 6.12. The summed E-state index contributed by atoms with van der Waals surface area (Å²) in [6, 6.07) is 0. The lowest BCUT2D eigenvalue weighted by Crippen LogP contribution is -2.61. The number of rotatable bonds is 3. The van der Waals surface area contributed by atoms with Gasteiger partial charge in [0.1, 0.15) is 0 Å². The molecule has 0 heterocycles. The molecular weight excluding hydrogens is 256 g/mol. The summed E-state index contributed by atoms with van der Waals surface area (Å²) >= 11 is 0. The van der Waals surface area contributed by atoms with Gasteiger partial charge < -0.3 is 4.74 Å². The Morgan fingerprint density at radius 1 is 0.950 bits per heavy atom. The van der Waals surface area contributed by atoms with Gasteiger partial charge in [0.2, 0.25) is 0 Å². The minimum absolute atomic E-state index is 0.00116. The number of hydrogen-bond acceptors (Lipinski definition) is 4. The molecule has 116 valence electrons. The fourth-order valence-electron chi connectivity index (χ4n) is 2.12. The summed E-state index contributed by atoms with van der Waals surface area (Å²) in [7, 11) is 0. The Hall–Kier alpha value is -1.19. The zero-order valence-electron chi connectivity index (χ0n) is 14.0. The Balaban J connectivity index is 0.000000361. The second kappa shape index (κ2) is 6.51. The lowest BCUT2D eigenvalue weighted by molar-refractivity contribution is -0.165. The van der Waals surface area contributed by atoms with Gasteiger partial charge in [-0.1, -0.05) is 27.7 Å². The van der Waals surface area contributed by atoms with Gasteiger partial charge in [0.15, 0.2) is 11.6 Å². The third-order valence-electron chi connectivity index (χ3n) is 3.30. The quantitative estimate of drug-likeness (QED) is 0.590. The zero-order chi connectivity index (χ0) is 16.3. The van der Waals surface area contributed by atoms with Gasteiger partial charge >= 0.3 is 5.97 Å². The van der Waals surface area contributed by atoms with E-state index >= 15 is 0 Å². The van der Waals surface area contributed by atoms with Gasteiger partial charge in [-0.05, 0) is 33.6 Å². The predicted molar refractivity (Wildman–Crippen MR) is 78.2 cm³/mol. The van der Waals surface area contributed by atoms with Gasteiger partial charge in [-0.2, -0.15) is 0 Å². The van der Waals surface area contributed by atoms with E-state index in [1.54, 1.807) is 27.7 Å². The van der Waals surface area contributed by atoms with E-state index in [9.17, 15) is 14.4 Å². The van der Waals surface area contributed by atoms with Crippen LogP contribution in [0.3, 0.4) is 0 Å². The van der Waals surface area contributed by atoms with Crippen LogP contribution < -0.4 is 0 Å². The topological polar surface area (TPSA) is 60.4 Å². The highest BCUT2D eigenvalue weighted by atomic mass is 16.5. The second-order valence-corrected chi connectivity index (χ2v) is 7.09. The average molecular weight is 284 g/mol. The second-order valence-electron chi connectivity index (χ2n) is 7.09. The van der Waals surface area contributed by atoms with Crippen LogP contribution in [0.2, 0.25) is 0 Å². The first kappa shape index (κ1) is 18.8. The SMILES string of the molecule is CC(C)COC(=O)C(C)C.CC1(C)C(=O)C(C)(C)C1=O. The fraction of sp³-hybridized carbons (Fsp3) is 0.812. The molecule has 0 aliphatic heterocycles. The van der Waals surface area contributed by atoms with Crippen molar-refractivity contribution >= 4 is 17.5 Å². The van der Waals surface area contributed by atoms with E-state index < -0.39 is 10.8 Å². The van der Waals surface area contributed by atoms with Crippen molar-refractivity contribution in [1.82, 2.24) is 0 Å². The largest absolute Gasteiger partial charge is 0.465 e. The Morgan fingerprint density at radius 3 is 1.50 bits per heavy atom. The standard InChI is InChI=1S/C8H12O2.C8H16O2/c1-7(2)5(9)8(3,4)6(7)10;1-6(2)5-10-8(9)7(3)4/h1-4H3;6-7H,5H2,1-4H3. The molecule has 0 atom stereocenters. The number of hydrogen-bond donors (Lipinski definition) is 0. The smallest absolute Gasteiger partial charge is 0.308 e. The molecule has 0 radical (unpaired) electrons. The van der Waals surface area contributed by atoms with E-state index in [-0.39, 0.29) is 23.5 Å². The lowest BCUT2D eigenvalue weighted by atomic mass is 9.54. The van der Waals surface area contributed by atoms with Crippen LogP contribution in [-0.2, 0) is 19.1 Å². The van der Waals surface area contributed by atoms with Crippen molar-refractivity contribution < 1.29 is 19.1 Å². The molecular formula is C16H28O4. The molecule has 0 aromatic rings. The number of Topliss-reactive ketones (excluding diaryl/α,β-unsaturated/α-hetero) is 2. The third kappa shape index (κ3) is 4.15. The van der Waals surface area contributed by atoms with Crippen molar-refractivity contribution in [2.24, 2.45) is 22.7 Å². The summed E-state index contributed by atoms with van der Waals surface area (Å²) in [6.45, 7) is 15.0. The third-order valence-corrected chi connectivity index (χ3v) is 3.30. The number of ketones is 2. The molecule has 4 nitrogen and oxygen atoms in total. The van der Waals surface area contributed by atoms with Crippen LogP contribution in [0.1, 0.15) is 55.4 Å². The Bertz CT molecular complexity index is 349. The van der Waals surface area contributed by atoms with Gasteiger partial charge in [0.25, 0.3) is 0 Å². The van der Waals surface area contributed by atoms with E-state index in [1.807, 2.05) is 27.7 Å². The van der Waals surface area contributed by atoms with E-state index in [0.29, 0.717) is 12.5 Å². The van der Waals surface area contributed by atoms with Crippen molar-refractivity contribution in [3.8, 4) is 0 Å². The summed E-state index contributed by atoms with van der Waals surface area (Å²) < 4.78 is 4.93. The highest BCUT2D eigenvalue weighted by molar-refractivity contribution is 6.29. The highest BCUT2D eigenvalue weighted by Crippen LogP contribution is 2.45. The molecule has 1 rings (SSSR count). The highest BCUT2D eigenvalue weighted by Gasteiger charge is 2.61. The Labute approximate surface area is 122 Å². The number of ether oxygens (including phenoxy) is 1. The van der Waals surface area contributed by atoms with Gasteiger partial charge in [-0.25, -0.2) is 0 Å². The van der Waals surface area contributed by atoms with Crippen LogP contribution >= 0.6 is 0 Å². The molecule has 4 heteroatoms. The maximum Gasteiger partial charge on any atom is 0.308 e. The maximum absolute atomic E-state index is 11.2. The molecule has 20 heavy (non-hydrogen) atoms. The van der Waals surface area contributed by atoms with Crippen molar-refractivity contribution in [2.45, 2.75) is 55.4 Å². The fourth-order valence-corrected chi connectivity index (χ4v) is 2.12. The molecule has 0 amide bonds. The van der Waals surface area contributed by atoms with Crippen molar-refractivity contribution in [3.05, 3.63) is 0 Å². The molecule has 0 bridgehead atoms. The van der Waals surface area contributed by atoms with Gasteiger partial charge in [0.05, 0.1) is 23.4 Å². The molecule has 1 fully saturated rings. The van der Waals surface area contributed by atoms with Crippen LogP contribution in [0.4, 0.5) is 0 Å². The number of esters is 1. The number of carbonyl (C=O) groups is 3. The first-order valence-corrected chi connectivity index (χ1v) is 7.11. The summed E-state index contributed by atoms with van der Waals surface area (Å²) in [4.78, 5) is 33.2. The summed E-state index contributed by atoms with van der Waals surface area (Å²) in [5.74, 6) is 0.449. The molecule has 1 aliphatic rings.